The van der Waals surface area contributed by atoms with E-state index in [0.29, 0.717) is 0 Å². The fraction of sp³-hybridized carbons (Fsp3) is 0.118. The van der Waals surface area contributed by atoms with E-state index in [1.54, 1.807) is 0 Å². The summed E-state index contributed by atoms with van der Waals surface area (Å²) in [6.45, 7) is 4.06. The molecule has 3 rings (SSSR count). The van der Waals surface area contributed by atoms with Gasteiger partial charge in [0, 0.05) is 11.1 Å². The number of fused-ring (bicyclic) bond motifs is 1. The number of aryl methyl sites for hydroxylation is 2. The number of aromatic amines is 1. The molecular weight excluding hydrogens is 234 g/mol. The molecule has 0 spiro atoms. The van der Waals surface area contributed by atoms with Crippen LogP contribution in [0.4, 0.5) is 0 Å². The minimum Gasteiger partial charge on any atom is -0.321 e. The van der Waals surface area contributed by atoms with Crippen molar-refractivity contribution in [1.82, 2.24) is 4.98 Å². The lowest BCUT2D eigenvalue weighted by atomic mass is 10.0. The molecule has 3 aromatic rings. The summed E-state index contributed by atoms with van der Waals surface area (Å²) in [5.74, 6) is 0. The van der Waals surface area contributed by atoms with Gasteiger partial charge in [0.15, 0.2) is 0 Å². The van der Waals surface area contributed by atoms with Crippen molar-refractivity contribution in [3.05, 3.63) is 70.0 Å². The van der Waals surface area contributed by atoms with Crippen LogP contribution in [0.3, 0.4) is 0 Å². The van der Waals surface area contributed by atoms with Crippen molar-refractivity contribution < 1.29 is 0 Å². The van der Waals surface area contributed by atoms with Gasteiger partial charge in [0.05, 0.1) is 0 Å². The average molecular weight is 249 g/mol. The van der Waals surface area contributed by atoms with Gasteiger partial charge in [-0.1, -0.05) is 42.0 Å². The number of pyridine rings is 1. The molecule has 0 aliphatic heterocycles. The number of hydrogen-bond acceptors (Lipinski definition) is 1. The fourth-order valence-corrected chi connectivity index (χ4v) is 2.26. The minimum absolute atomic E-state index is 0.0399. The first-order valence-corrected chi connectivity index (χ1v) is 6.34. The van der Waals surface area contributed by atoms with E-state index in [1.807, 2.05) is 56.3 Å². The Morgan fingerprint density at radius 2 is 1.53 bits per heavy atom. The molecule has 0 amide bonds. The maximum Gasteiger partial charge on any atom is 0.256 e. The molecular formula is C17H15NO. The van der Waals surface area contributed by atoms with Crippen LogP contribution in [-0.2, 0) is 0 Å². The van der Waals surface area contributed by atoms with Crippen molar-refractivity contribution in [1.29, 1.82) is 0 Å². The zero-order valence-corrected chi connectivity index (χ0v) is 11.0. The Morgan fingerprint density at radius 1 is 0.842 bits per heavy atom. The van der Waals surface area contributed by atoms with Gasteiger partial charge in [-0.2, -0.15) is 0 Å². The molecule has 0 saturated heterocycles. The molecule has 0 bridgehead atoms. The van der Waals surface area contributed by atoms with Crippen LogP contribution in [0.5, 0.6) is 0 Å². The summed E-state index contributed by atoms with van der Waals surface area (Å²) in [6, 6.07) is 16.1. The normalized spacial score (nSPS) is 10.8. The molecule has 2 heteroatoms. The zero-order valence-electron chi connectivity index (χ0n) is 11.0. The van der Waals surface area contributed by atoms with Gasteiger partial charge in [0.25, 0.3) is 5.56 Å². The van der Waals surface area contributed by atoms with Gasteiger partial charge in [-0.25, -0.2) is 0 Å². The van der Waals surface area contributed by atoms with Crippen LogP contribution in [0.25, 0.3) is 22.0 Å². The Balaban J connectivity index is 2.24. The smallest absolute Gasteiger partial charge is 0.256 e. The zero-order chi connectivity index (χ0) is 13.4. The van der Waals surface area contributed by atoms with E-state index >= 15 is 0 Å². The standard InChI is InChI=1S/C17H15NO/c1-11-3-6-13(7-4-11)15-10-14-8-5-12(2)9-16(14)18-17(15)19/h3-10H,1-2H3,(H,18,19). The molecule has 0 saturated carbocycles. The van der Waals surface area contributed by atoms with Crippen LogP contribution < -0.4 is 5.56 Å². The summed E-state index contributed by atoms with van der Waals surface area (Å²) in [7, 11) is 0. The van der Waals surface area contributed by atoms with E-state index < -0.39 is 0 Å². The van der Waals surface area contributed by atoms with E-state index in [4.69, 9.17) is 0 Å². The number of hydrogen-bond donors (Lipinski definition) is 1. The third kappa shape index (κ3) is 2.17. The second-order valence-corrected chi connectivity index (χ2v) is 4.97. The molecule has 2 nitrogen and oxygen atoms in total. The van der Waals surface area contributed by atoms with Crippen LogP contribution in [0, 0.1) is 13.8 Å². The number of benzene rings is 2. The Hall–Kier alpha value is -2.35. The Labute approximate surface area is 111 Å². The van der Waals surface area contributed by atoms with Gasteiger partial charge in [0.1, 0.15) is 0 Å². The van der Waals surface area contributed by atoms with Crippen molar-refractivity contribution >= 4 is 10.9 Å². The van der Waals surface area contributed by atoms with E-state index in [9.17, 15) is 4.79 Å². The third-order valence-electron chi connectivity index (χ3n) is 3.36. The SMILES string of the molecule is Cc1ccc(-c2cc3ccc(C)cc3[nH]c2=O)cc1. The fourth-order valence-electron chi connectivity index (χ4n) is 2.26. The molecule has 0 unspecified atom stereocenters. The molecule has 0 atom stereocenters. The van der Waals surface area contributed by atoms with Gasteiger partial charge < -0.3 is 4.98 Å². The summed E-state index contributed by atoms with van der Waals surface area (Å²) < 4.78 is 0. The molecule has 2 aromatic carbocycles. The van der Waals surface area contributed by atoms with Gasteiger partial charge in [-0.05, 0) is 42.5 Å². The van der Waals surface area contributed by atoms with Crippen molar-refractivity contribution in [2.24, 2.45) is 0 Å². The lowest BCUT2D eigenvalue weighted by Crippen LogP contribution is -2.08. The largest absolute Gasteiger partial charge is 0.321 e. The molecule has 0 aliphatic rings. The highest BCUT2D eigenvalue weighted by molar-refractivity contribution is 5.83. The van der Waals surface area contributed by atoms with Gasteiger partial charge in [-0.15, -0.1) is 0 Å². The van der Waals surface area contributed by atoms with Crippen LogP contribution in [0.15, 0.2) is 53.3 Å². The van der Waals surface area contributed by atoms with Crippen molar-refractivity contribution in [2.75, 3.05) is 0 Å². The predicted octanol–water partition coefficient (Wildman–Crippen LogP) is 3.81. The summed E-state index contributed by atoms with van der Waals surface area (Å²) in [4.78, 5) is 15.1. The lowest BCUT2D eigenvalue weighted by molar-refractivity contribution is 1.30. The van der Waals surface area contributed by atoms with Crippen molar-refractivity contribution in [3.8, 4) is 11.1 Å². The van der Waals surface area contributed by atoms with E-state index in [1.165, 1.54) is 5.56 Å². The third-order valence-corrected chi connectivity index (χ3v) is 3.36. The monoisotopic (exact) mass is 249 g/mol. The van der Waals surface area contributed by atoms with Crippen LogP contribution in [-0.4, -0.2) is 4.98 Å². The second kappa shape index (κ2) is 4.39. The van der Waals surface area contributed by atoms with E-state index in [2.05, 4.69) is 11.1 Å². The molecule has 94 valence electrons. The van der Waals surface area contributed by atoms with Crippen molar-refractivity contribution in [3.63, 3.8) is 0 Å². The first-order valence-electron chi connectivity index (χ1n) is 6.34. The van der Waals surface area contributed by atoms with Crippen LogP contribution in [0.1, 0.15) is 11.1 Å². The molecule has 1 heterocycles. The maximum atomic E-state index is 12.2. The van der Waals surface area contributed by atoms with Gasteiger partial charge in [-0.3, -0.25) is 4.79 Å². The van der Waals surface area contributed by atoms with E-state index in [-0.39, 0.29) is 5.56 Å². The summed E-state index contributed by atoms with van der Waals surface area (Å²) in [5, 5.41) is 1.06. The minimum atomic E-state index is -0.0399. The predicted molar refractivity (Wildman–Crippen MR) is 79.5 cm³/mol. The molecule has 1 N–H and O–H groups in total. The van der Waals surface area contributed by atoms with Gasteiger partial charge in [0.2, 0.25) is 0 Å². The molecule has 1 aromatic heterocycles. The number of rotatable bonds is 1. The van der Waals surface area contributed by atoms with Crippen LogP contribution in [0.2, 0.25) is 0 Å². The molecule has 0 fully saturated rings. The number of H-pyrrole nitrogens is 1. The Bertz CT molecular complexity index is 798. The average Bonchev–Trinajstić information content (AvgIpc) is 2.39. The second-order valence-electron chi connectivity index (χ2n) is 4.97. The topological polar surface area (TPSA) is 32.9 Å². The van der Waals surface area contributed by atoms with Crippen molar-refractivity contribution in [2.45, 2.75) is 13.8 Å². The Kier molecular flexibility index (Phi) is 2.71. The number of nitrogens with one attached hydrogen (secondary N) is 1. The van der Waals surface area contributed by atoms with Gasteiger partial charge >= 0.3 is 0 Å². The molecule has 19 heavy (non-hydrogen) atoms. The summed E-state index contributed by atoms with van der Waals surface area (Å²) in [6.07, 6.45) is 0. The Morgan fingerprint density at radius 3 is 2.26 bits per heavy atom. The summed E-state index contributed by atoms with van der Waals surface area (Å²) in [5.41, 5.74) is 4.86. The first-order chi connectivity index (χ1) is 9.13. The highest BCUT2D eigenvalue weighted by Gasteiger charge is 2.05. The molecule has 0 aliphatic carbocycles. The highest BCUT2D eigenvalue weighted by Crippen LogP contribution is 2.20. The van der Waals surface area contributed by atoms with E-state index in [0.717, 1.165) is 27.6 Å². The van der Waals surface area contributed by atoms with Crippen LogP contribution >= 0.6 is 0 Å². The quantitative estimate of drug-likeness (QED) is 0.699. The maximum absolute atomic E-state index is 12.2. The summed E-state index contributed by atoms with van der Waals surface area (Å²) >= 11 is 0. The first kappa shape index (κ1) is 11.7. The lowest BCUT2D eigenvalue weighted by Gasteiger charge is -2.05. The number of aromatic nitrogens is 1. The highest BCUT2D eigenvalue weighted by atomic mass is 16.1. The molecule has 0 radical (unpaired) electrons.